The van der Waals surface area contributed by atoms with Crippen molar-refractivity contribution in [2.24, 2.45) is 46.3 Å². The summed E-state index contributed by atoms with van der Waals surface area (Å²) in [6, 6.07) is 0. The van der Waals surface area contributed by atoms with Gasteiger partial charge in [0.15, 0.2) is 6.29 Å². The summed E-state index contributed by atoms with van der Waals surface area (Å²) < 4.78 is 51.1. The van der Waals surface area contributed by atoms with E-state index in [2.05, 4.69) is 20.8 Å². The minimum Gasteiger partial charge on any atom is -0.393 e. The molecule has 0 aromatic heterocycles. The number of aliphatic hydroxyl groups excluding tert-OH is 5. The SMILES string of the molecule is CC(C)[C@H](CC[C@@H](C)[C@H]1C[C@H](OS(=O)(=O)O)[C@@H]2[C@]1(C)CC[C@@H]1[C@@]3(C)CC[C@H](O)C[C@@H]3[C@H](O)C[C@]12O)O[C@@H]1OC[C@@H](O)[C@H](O)[C@H]1O. The van der Waals surface area contributed by atoms with Crippen LogP contribution < -0.4 is 0 Å². The highest BCUT2D eigenvalue weighted by molar-refractivity contribution is 7.80. The average Bonchev–Trinajstić information content (AvgIpc) is 3.23. The van der Waals surface area contributed by atoms with Crippen LogP contribution in [0, 0.1) is 46.3 Å². The Morgan fingerprint density at radius 1 is 0.911 bits per heavy atom. The van der Waals surface area contributed by atoms with Crippen LogP contribution in [0.15, 0.2) is 0 Å². The van der Waals surface area contributed by atoms with Crippen LogP contribution in [0.2, 0.25) is 0 Å². The predicted molar refractivity (Wildman–Crippen MR) is 162 cm³/mol. The van der Waals surface area contributed by atoms with E-state index < -0.39 is 75.7 Å². The van der Waals surface area contributed by atoms with Gasteiger partial charge in [-0.2, -0.15) is 8.42 Å². The summed E-state index contributed by atoms with van der Waals surface area (Å²) in [6.45, 7) is 10.1. The Morgan fingerprint density at radius 3 is 2.22 bits per heavy atom. The zero-order chi connectivity index (χ0) is 33.3. The summed E-state index contributed by atoms with van der Waals surface area (Å²) in [4.78, 5) is 0. The molecule has 7 N–H and O–H groups in total. The molecule has 0 aromatic rings. The van der Waals surface area contributed by atoms with E-state index >= 15 is 0 Å². The van der Waals surface area contributed by atoms with Gasteiger partial charge in [0.2, 0.25) is 0 Å². The van der Waals surface area contributed by atoms with E-state index in [4.69, 9.17) is 13.7 Å². The Hall–Kier alpha value is -0.450. The van der Waals surface area contributed by atoms with Crippen molar-refractivity contribution in [3.05, 3.63) is 0 Å². The van der Waals surface area contributed by atoms with Crippen molar-refractivity contribution < 1.29 is 57.3 Å². The standard InChI is InChI=1S/C32H56O12S/c1-16(2)23(43-29-27(37)26(36)22(35)15-42-29)7-6-17(3)19-13-24(44-45(39,40)41)28-31(19,5)11-9-25-30(4)10-8-18(33)12-20(30)21(34)14-32(25,28)38/h16-29,33-38H,6-15H2,1-5H3,(H,39,40,41)/t17-,18+,19-,20-,21-,22-,23+,24+,25-,26+,27-,28-,29+,30+,31-,32+/m1/s1. The van der Waals surface area contributed by atoms with Crippen molar-refractivity contribution in [1.82, 2.24) is 0 Å². The summed E-state index contributed by atoms with van der Waals surface area (Å²) in [7, 11) is -4.83. The third kappa shape index (κ3) is 6.50. The zero-order valence-corrected chi connectivity index (χ0v) is 28.1. The van der Waals surface area contributed by atoms with E-state index in [9.17, 15) is 43.6 Å². The van der Waals surface area contributed by atoms with Gasteiger partial charge in [0.1, 0.15) is 18.3 Å². The first-order valence-electron chi connectivity index (χ1n) is 16.9. The van der Waals surface area contributed by atoms with Crippen LogP contribution in [0.3, 0.4) is 0 Å². The van der Waals surface area contributed by atoms with E-state index in [1.165, 1.54) is 0 Å². The molecule has 0 radical (unpaired) electrons. The molecule has 0 aromatic carbocycles. The van der Waals surface area contributed by atoms with Crippen LogP contribution in [-0.2, 0) is 24.1 Å². The summed E-state index contributed by atoms with van der Waals surface area (Å²) in [6.07, 6.45) is -2.95. The first-order valence-corrected chi connectivity index (χ1v) is 18.2. The van der Waals surface area contributed by atoms with Gasteiger partial charge in [0.05, 0.1) is 36.6 Å². The summed E-state index contributed by atoms with van der Waals surface area (Å²) in [5.41, 5.74) is -2.40. The number of fused-ring (bicyclic) bond motifs is 5. The van der Waals surface area contributed by atoms with Gasteiger partial charge in [0.25, 0.3) is 0 Å². The Labute approximate surface area is 267 Å². The molecule has 1 saturated heterocycles. The highest BCUT2D eigenvalue weighted by Gasteiger charge is 2.71. The summed E-state index contributed by atoms with van der Waals surface area (Å²) in [5, 5.41) is 64.9. The molecule has 0 amide bonds. The minimum atomic E-state index is -4.83. The second-order valence-corrected chi connectivity index (χ2v) is 17.1. The Morgan fingerprint density at radius 2 is 1.58 bits per heavy atom. The van der Waals surface area contributed by atoms with Crippen LogP contribution in [0.25, 0.3) is 0 Å². The summed E-state index contributed by atoms with van der Waals surface area (Å²) >= 11 is 0. The highest BCUT2D eigenvalue weighted by atomic mass is 32.3. The molecular weight excluding hydrogens is 608 g/mol. The fourth-order valence-corrected chi connectivity index (χ4v) is 11.4. The van der Waals surface area contributed by atoms with Gasteiger partial charge >= 0.3 is 10.4 Å². The molecule has 0 unspecified atom stereocenters. The molecule has 5 fully saturated rings. The highest BCUT2D eigenvalue weighted by Crippen LogP contribution is 2.70. The monoisotopic (exact) mass is 664 g/mol. The van der Waals surface area contributed by atoms with E-state index in [0.29, 0.717) is 44.9 Å². The second kappa shape index (κ2) is 12.8. The molecule has 12 nitrogen and oxygen atoms in total. The molecule has 1 aliphatic heterocycles. The van der Waals surface area contributed by atoms with Crippen LogP contribution in [0.4, 0.5) is 0 Å². The molecule has 262 valence electrons. The van der Waals surface area contributed by atoms with Crippen LogP contribution >= 0.6 is 0 Å². The maximum absolute atomic E-state index is 12.7. The molecule has 45 heavy (non-hydrogen) atoms. The van der Waals surface area contributed by atoms with Crippen LogP contribution in [-0.4, -0.2) is 105 Å². The minimum absolute atomic E-state index is 0.0313. The fraction of sp³-hybridized carbons (Fsp3) is 1.00. The quantitative estimate of drug-likeness (QED) is 0.176. The third-order valence-corrected chi connectivity index (χ3v) is 13.6. The first kappa shape index (κ1) is 35.8. The molecule has 0 bridgehead atoms. The topological polar surface area (TPSA) is 203 Å². The molecule has 1 heterocycles. The number of hydrogen-bond acceptors (Lipinski definition) is 11. The van der Waals surface area contributed by atoms with Gasteiger partial charge in [-0.1, -0.05) is 34.6 Å². The number of aliphatic hydroxyl groups is 6. The van der Waals surface area contributed by atoms with Crippen molar-refractivity contribution in [2.45, 2.75) is 147 Å². The van der Waals surface area contributed by atoms with Crippen molar-refractivity contribution in [1.29, 1.82) is 0 Å². The first-order chi connectivity index (χ1) is 20.8. The van der Waals surface area contributed by atoms with E-state index in [-0.39, 0.29) is 48.7 Å². The lowest BCUT2D eigenvalue weighted by Gasteiger charge is -2.66. The Balaban J connectivity index is 1.37. The third-order valence-electron chi connectivity index (χ3n) is 13.1. The van der Waals surface area contributed by atoms with Crippen LogP contribution in [0.1, 0.15) is 92.4 Å². The van der Waals surface area contributed by atoms with Gasteiger partial charge in [0, 0.05) is 12.3 Å². The largest absolute Gasteiger partial charge is 0.397 e. The molecule has 5 rings (SSSR count). The van der Waals surface area contributed by atoms with Gasteiger partial charge in [-0.25, -0.2) is 4.18 Å². The Bertz CT molecular complexity index is 1150. The molecular formula is C32H56O12S. The second-order valence-electron chi connectivity index (χ2n) is 16.0. The van der Waals surface area contributed by atoms with Crippen molar-refractivity contribution in [3.63, 3.8) is 0 Å². The zero-order valence-electron chi connectivity index (χ0n) is 27.2. The van der Waals surface area contributed by atoms with Crippen molar-refractivity contribution in [2.75, 3.05) is 6.61 Å². The lowest BCUT2D eigenvalue weighted by molar-refractivity contribution is -0.287. The molecule has 0 spiro atoms. The predicted octanol–water partition coefficient (Wildman–Crippen LogP) is 1.79. The average molecular weight is 665 g/mol. The van der Waals surface area contributed by atoms with E-state index in [1.54, 1.807) is 0 Å². The fourth-order valence-electron chi connectivity index (χ4n) is 10.9. The number of rotatable bonds is 9. The van der Waals surface area contributed by atoms with Gasteiger partial charge in [-0.05, 0) is 91.8 Å². The maximum atomic E-state index is 12.7. The normalized spacial score (nSPS) is 50.0. The van der Waals surface area contributed by atoms with Gasteiger partial charge < -0.3 is 40.1 Å². The molecule has 13 heteroatoms. The lowest BCUT2D eigenvalue weighted by Crippen LogP contribution is -2.68. The van der Waals surface area contributed by atoms with Gasteiger partial charge in [-0.3, -0.25) is 4.55 Å². The molecule has 4 saturated carbocycles. The smallest absolute Gasteiger partial charge is 0.393 e. The van der Waals surface area contributed by atoms with Crippen molar-refractivity contribution >= 4 is 10.4 Å². The number of ether oxygens (including phenoxy) is 2. The maximum Gasteiger partial charge on any atom is 0.397 e. The molecule has 5 aliphatic rings. The Kier molecular flexibility index (Phi) is 10.2. The van der Waals surface area contributed by atoms with E-state index in [0.717, 1.165) is 6.42 Å². The number of hydrogen-bond donors (Lipinski definition) is 7. The molecule has 4 aliphatic carbocycles. The van der Waals surface area contributed by atoms with Crippen molar-refractivity contribution in [3.8, 4) is 0 Å². The van der Waals surface area contributed by atoms with Crippen LogP contribution in [0.5, 0.6) is 0 Å². The van der Waals surface area contributed by atoms with Gasteiger partial charge in [-0.15, -0.1) is 0 Å². The summed E-state index contributed by atoms with van der Waals surface area (Å²) in [5.74, 6) is -1.03. The van der Waals surface area contributed by atoms with E-state index in [1.807, 2.05) is 13.8 Å². The molecule has 16 atom stereocenters. The lowest BCUT2D eigenvalue weighted by atomic mass is 9.42.